The van der Waals surface area contributed by atoms with E-state index in [4.69, 9.17) is 32.5 Å². The van der Waals surface area contributed by atoms with Gasteiger partial charge in [-0.25, -0.2) is 5.06 Å². The Bertz CT molecular complexity index is 1440. The van der Waals surface area contributed by atoms with Crippen LogP contribution in [0.3, 0.4) is 0 Å². The number of likely N-dealkylation sites (tertiary alicyclic amines) is 1. The molecule has 2 aliphatic rings. The molecule has 2 aliphatic heterocycles. The van der Waals surface area contributed by atoms with Crippen molar-refractivity contribution in [2.45, 2.75) is 18.7 Å². The van der Waals surface area contributed by atoms with Gasteiger partial charge in [0.25, 0.3) is 5.91 Å². The van der Waals surface area contributed by atoms with Crippen molar-refractivity contribution in [2.24, 2.45) is 5.92 Å². The van der Waals surface area contributed by atoms with Crippen LogP contribution in [0.2, 0.25) is 10.0 Å². The Kier molecular flexibility index (Phi) is 5.80. The van der Waals surface area contributed by atoms with Gasteiger partial charge < -0.3 is 4.42 Å². The van der Waals surface area contributed by atoms with E-state index in [0.29, 0.717) is 32.8 Å². The molecule has 0 spiro atoms. The maximum Gasteiger partial charge on any atom is 0.262 e. The van der Waals surface area contributed by atoms with E-state index >= 15 is 0 Å². The van der Waals surface area contributed by atoms with E-state index in [1.807, 2.05) is 60.7 Å². The largest absolute Gasteiger partial charge is 0.459 e. The van der Waals surface area contributed by atoms with Crippen LogP contribution >= 0.6 is 23.2 Å². The number of hydrogen-bond donors (Lipinski definition) is 0. The Morgan fingerprint density at radius 2 is 1.53 bits per heavy atom. The monoisotopic (exact) mass is 518 g/mol. The number of amides is 2. The number of hydroxylamine groups is 1. The van der Waals surface area contributed by atoms with Gasteiger partial charge in [-0.1, -0.05) is 71.7 Å². The Labute approximate surface area is 217 Å². The number of furan rings is 1. The third-order valence-corrected chi connectivity index (χ3v) is 7.08. The van der Waals surface area contributed by atoms with Crippen LogP contribution in [0.4, 0.5) is 5.69 Å². The van der Waals surface area contributed by atoms with Crippen LogP contribution in [0.1, 0.15) is 17.4 Å². The van der Waals surface area contributed by atoms with Crippen molar-refractivity contribution in [1.29, 1.82) is 0 Å². The van der Waals surface area contributed by atoms with E-state index in [1.165, 1.54) is 4.90 Å². The first-order valence-electron chi connectivity index (χ1n) is 11.5. The normalized spacial score (nSPS) is 21.3. The lowest BCUT2D eigenvalue weighted by Gasteiger charge is -2.27. The molecule has 6 nitrogen and oxygen atoms in total. The second-order valence-corrected chi connectivity index (χ2v) is 9.58. The molecule has 6 rings (SSSR count). The van der Waals surface area contributed by atoms with E-state index in [2.05, 4.69) is 0 Å². The van der Waals surface area contributed by atoms with Gasteiger partial charge in [0, 0.05) is 10.6 Å². The standard InChI is InChI=1S/C28H20Cl2N2O4/c29-18-11-12-21(30)20(15-18)22-13-14-23(35-22)25-24-26(36-32(25)19-9-5-2-6-10-19)28(34)31(27(24)33)16-17-7-3-1-4-8-17/h1-15,24-26H,16H2/t24-,25+,26-/m0/s1. The van der Waals surface area contributed by atoms with Crippen molar-refractivity contribution >= 4 is 40.7 Å². The Morgan fingerprint density at radius 1 is 0.806 bits per heavy atom. The third-order valence-electron chi connectivity index (χ3n) is 6.51. The van der Waals surface area contributed by atoms with Crippen molar-refractivity contribution < 1.29 is 18.8 Å². The van der Waals surface area contributed by atoms with E-state index in [-0.39, 0.29) is 18.4 Å². The second kappa shape index (κ2) is 9.13. The number of fused-ring (bicyclic) bond motifs is 1. The van der Waals surface area contributed by atoms with Crippen molar-refractivity contribution in [3.8, 4) is 11.3 Å². The molecule has 3 aromatic carbocycles. The molecule has 36 heavy (non-hydrogen) atoms. The molecule has 1 aromatic heterocycles. The minimum Gasteiger partial charge on any atom is -0.459 e. The average Bonchev–Trinajstić information content (AvgIpc) is 3.59. The zero-order valence-corrected chi connectivity index (χ0v) is 20.4. The highest BCUT2D eigenvalue weighted by molar-refractivity contribution is 6.35. The number of halogens is 2. The number of hydrogen-bond acceptors (Lipinski definition) is 5. The number of anilines is 1. The van der Waals surface area contributed by atoms with Crippen molar-refractivity contribution in [3.63, 3.8) is 0 Å². The fourth-order valence-electron chi connectivity index (χ4n) is 4.82. The van der Waals surface area contributed by atoms with Crippen LogP contribution in [-0.4, -0.2) is 22.8 Å². The van der Waals surface area contributed by atoms with Gasteiger partial charge >= 0.3 is 0 Å². The molecule has 0 unspecified atom stereocenters. The number of nitrogens with zero attached hydrogens (tertiary/aromatic N) is 2. The number of carbonyl (C=O) groups excluding carboxylic acids is 2. The van der Waals surface area contributed by atoms with Gasteiger partial charge in [-0.2, -0.15) is 0 Å². The molecule has 0 radical (unpaired) electrons. The molecule has 2 amide bonds. The summed E-state index contributed by atoms with van der Waals surface area (Å²) in [5.74, 6) is -0.430. The molecule has 0 N–H and O–H groups in total. The van der Waals surface area contributed by atoms with Crippen LogP contribution in [0.15, 0.2) is 95.4 Å². The lowest BCUT2D eigenvalue weighted by atomic mass is 9.94. The molecule has 2 saturated heterocycles. The quantitative estimate of drug-likeness (QED) is 0.290. The number of benzene rings is 3. The van der Waals surface area contributed by atoms with Crippen LogP contribution in [0.25, 0.3) is 11.3 Å². The lowest BCUT2D eigenvalue weighted by Crippen LogP contribution is -2.36. The highest BCUT2D eigenvalue weighted by atomic mass is 35.5. The van der Waals surface area contributed by atoms with Gasteiger partial charge in [0.1, 0.15) is 23.5 Å². The molecule has 0 bridgehead atoms. The molecule has 180 valence electrons. The van der Waals surface area contributed by atoms with E-state index < -0.39 is 18.1 Å². The predicted molar refractivity (Wildman–Crippen MR) is 136 cm³/mol. The van der Waals surface area contributed by atoms with Crippen molar-refractivity contribution in [3.05, 3.63) is 112 Å². The number of carbonyl (C=O) groups is 2. The summed E-state index contributed by atoms with van der Waals surface area (Å²) in [5, 5.41) is 2.62. The van der Waals surface area contributed by atoms with E-state index in [9.17, 15) is 9.59 Å². The molecule has 0 aliphatic carbocycles. The fraction of sp³-hybridized carbons (Fsp3) is 0.143. The van der Waals surface area contributed by atoms with Gasteiger partial charge in [-0.3, -0.25) is 19.3 Å². The van der Waals surface area contributed by atoms with Crippen molar-refractivity contribution in [1.82, 2.24) is 4.90 Å². The first-order chi connectivity index (χ1) is 17.5. The van der Waals surface area contributed by atoms with Crippen LogP contribution in [0.5, 0.6) is 0 Å². The maximum absolute atomic E-state index is 13.7. The molecular formula is C28H20Cl2N2O4. The molecular weight excluding hydrogens is 499 g/mol. The third kappa shape index (κ3) is 3.88. The minimum atomic E-state index is -0.949. The summed E-state index contributed by atoms with van der Waals surface area (Å²) in [6.07, 6.45) is -0.949. The Balaban J connectivity index is 1.39. The van der Waals surface area contributed by atoms with E-state index in [0.717, 1.165) is 5.56 Å². The zero-order chi connectivity index (χ0) is 24.8. The summed E-state index contributed by atoms with van der Waals surface area (Å²) in [4.78, 5) is 34.4. The summed E-state index contributed by atoms with van der Waals surface area (Å²) in [5.41, 5.74) is 2.22. The summed E-state index contributed by atoms with van der Waals surface area (Å²) < 4.78 is 6.24. The molecule has 3 atom stereocenters. The minimum absolute atomic E-state index is 0.189. The maximum atomic E-state index is 13.7. The van der Waals surface area contributed by atoms with Gasteiger partial charge in [0.2, 0.25) is 5.91 Å². The summed E-state index contributed by atoms with van der Waals surface area (Å²) >= 11 is 12.6. The van der Waals surface area contributed by atoms with Gasteiger partial charge in [-0.15, -0.1) is 0 Å². The molecule has 4 aromatic rings. The summed E-state index contributed by atoms with van der Waals surface area (Å²) in [7, 11) is 0. The Hall–Kier alpha value is -3.58. The molecule has 0 saturated carbocycles. The average molecular weight is 519 g/mol. The predicted octanol–water partition coefficient (Wildman–Crippen LogP) is 6.30. The first kappa shape index (κ1) is 22.9. The van der Waals surface area contributed by atoms with Crippen LogP contribution < -0.4 is 5.06 Å². The smallest absolute Gasteiger partial charge is 0.262 e. The highest BCUT2D eigenvalue weighted by Crippen LogP contribution is 2.48. The number of rotatable bonds is 5. The van der Waals surface area contributed by atoms with E-state index in [1.54, 1.807) is 35.4 Å². The topological polar surface area (TPSA) is 63.0 Å². The second-order valence-electron chi connectivity index (χ2n) is 8.73. The molecule has 3 heterocycles. The zero-order valence-electron chi connectivity index (χ0n) is 18.9. The molecule has 2 fully saturated rings. The lowest BCUT2D eigenvalue weighted by molar-refractivity contribution is -0.143. The van der Waals surface area contributed by atoms with Crippen LogP contribution in [0, 0.1) is 5.92 Å². The summed E-state index contributed by atoms with van der Waals surface area (Å²) in [6, 6.07) is 26.8. The number of imide groups is 1. The number of para-hydroxylation sites is 1. The van der Waals surface area contributed by atoms with Crippen molar-refractivity contribution in [2.75, 3.05) is 5.06 Å². The highest BCUT2D eigenvalue weighted by Gasteiger charge is 2.60. The first-order valence-corrected chi connectivity index (χ1v) is 12.2. The summed E-state index contributed by atoms with van der Waals surface area (Å²) in [6.45, 7) is 0.189. The fourth-order valence-corrected chi connectivity index (χ4v) is 5.21. The van der Waals surface area contributed by atoms with Gasteiger partial charge in [-0.05, 0) is 48.0 Å². The Morgan fingerprint density at radius 3 is 2.28 bits per heavy atom. The van der Waals surface area contributed by atoms with Gasteiger partial charge in [0.15, 0.2) is 6.10 Å². The van der Waals surface area contributed by atoms with Crippen LogP contribution in [-0.2, 0) is 21.0 Å². The van der Waals surface area contributed by atoms with Gasteiger partial charge in [0.05, 0.1) is 17.3 Å². The molecule has 8 heteroatoms. The SMILES string of the molecule is O=C1[C@@H]2[C@H](ON(c3ccccc3)[C@@H]2c2ccc(-c3cc(Cl)ccc3Cl)o2)C(=O)N1Cc1ccccc1.